The van der Waals surface area contributed by atoms with Crippen molar-refractivity contribution >= 4 is 27.5 Å². The monoisotopic (exact) mass is 354 g/mol. The van der Waals surface area contributed by atoms with E-state index in [9.17, 15) is 5.11 Å². The summed E-state index contributed by atoms with van der Waals surface area (Å²) in [6.45, 7) is 4.13. The third kappa shape index (κ3) is 3.75. The van der Waals surface area contributed by atoms with E-state index in [-0.39, 0.29) is 0 Å². The molecule has 0 saturated carbocycles. The first-order chi connectivity index (χ1) is 9.47. The lowest BCUT2D eigenvalue weighted by molar-refractivity contribution is 0.199. The quantitative estimate of drug-likeness (QED) is 0.832. The normalized spacial score (nSPS) is 12.2. The van der Waals surface area contributed by atoms with Crippen molar-refractivity contribution in [3.05, 3.63) is 62.6 Å². The van der Waals surface area contributed by atoms with Crippen LogP contribution in [0.5, 0.6) is 5.75 Å². The van der Waals surface area contributed by atoms with Crippen molar-refractivity contribution in [2.24, 2.45) is 0 Å². The van der Waals surface area contributed by atoms with Gasteiger partial charge in [-0.05, 0) is 49.2 Å². The molecule has 0 heterocycles. The second-order valence-electron chi connectivity index (χ2n) is 4.73. The maximum Gasteiger partial charge on any atom is 0.122 e. The molecule has 0 unspecified atom stereocenters. The van der Waals surface area contributed by atoms with Gasteiger partial charge in [0.05, 0.1) is 6.10 Å². The van der Waals surface area contributed by atoms with Crippen LogP contribution in [0.2, 0.25) is 5.02 Å². The number of rotatable bonds is 4. The number of halogens is 2. The highest BCUT2D eigenvalue weighted by atomic mass is 79.9. The van der Waals surface area contributed by atoms with Crippen LogP contribution in [0, 0.1) is 6.92 Å². The maximum atomic E-state index is 9.55. The first-order valence-electron chi connectivity index (χ1n) is 6.32. The van der Waals surface area contributed by atoms with Crippen molar-refractivity contribution in [1.29, 1.82) is 0 Å². The van der Waals surface area contributed by atoms with Crippen LogP contribution in [0.4, 0.5) is 0 Å². The van der Waals surface area contributed by atoms with Crippen LogP contribution in [0.1, 0.15) is 29.7 Å². The second kappa shape index (κ2) is 6.61. The van der Waals surface area contributed by atoms with Crippen LogP contribution in [0.25, 0.3) is 0 Å². The minimum absolute atomic E-state index is 0.418. The van der Waals surface area contributed by atoms with Crippen molar-refractivity contribution < 1.29 is 9.84 Å². The van der Waals surface area contributed by atoms with Gasteiger partial charge in [0, 0.05) is 15.1 Å². The fourth-order valence-electron chi connectivity index (χ4n) is 1.89. The lowest BCUT2D eigenvalue weighted by Crippen LogP contribution is -1.99. The molecule has 0 saturated heterocycles. The summed E-state index contributed by atoms with van der Waals surface area (Å²) in [5.41, 5.74) is 2.82. The van der Waals surface area contributed by atoms with Gasteiger partial charge in [-0.1, -0.05) is 39.7 Å². The SMILES string of the molecule is Cc1cc([C@H](C)O)ccc1OCc1ccc(Br)cc1Cl. The van der Waals surface area contributed by atoms with E-state index in [2.05, 4.69) is 15.9 Å². The summed E-state index contributed by atoms with van der Waals surface area (Å²) < 4.78 is 6.74. The van der Waals surface area contributed by atoms with Crippen molar-refractivity contribution in [1.82, 2.24) is 0 Å². The Labute approximate surface area is 132 Å². The van der Waals surface area contributed by atoms with E-state index in [0.29, 0.717) is 11.6 Å². The summed E-state index contributed by atoms with van der Waals surface area (Å²) in [4.78, 5) is 0. The highest BCUT2D eigenvalue weighted by Gasteiger charge is 2.07. The zero-order chi connectivity index (χ0) is 14.7. The van der Waals surface area contributed by atoms with E-state index < -0.39 is 6.10 Å². The van der Waals surface area contributed by atoms with Crippen LogP contribution >= 0.6 is 27.5 Å². The molecule has 0 fully saturated rings. The third-order valence-corrected chi connectivity index (χ3v) is 3.92. The van der Waals surface area contributed by atoms with Crippen LogP contribution < -0.4 is 4.74 Å². The summed E-state index contributed by atoms with van der Waals surface area (Å²) in [5, 5.41) is 10.2. The molecule has 0 amide bonds. The smallest absolute Gasteiger partial charge is 0.122 e. The van der Waals surface area contributed by atoms with Crippen LogP contribution in [0.3, 0.4) is 0 Å². The zero-order valence-electron chi connectivity index (χ0n) is 11.4. The minimum atomic E-state index is -0.469. The molecule has 2 aromatic rings. The molecule has 0 aliphatic rings. The first-order valence-corrected chi connectivity index (χ1v) is 7.50. The predicted octanol–water partition coefficient (Wildman–Crippen LogP) is 5.04. The Kier molecular flexibility index (Phi) is 5.08. The molecule has 1 atom stereocenters. The van der Waals surface area contributed by atoms with Crippen molar-refractivity contribution in [2.75, 3.05) is 0 Å². The fourth-order valence-corrected chi connectivity index (χ4v) is 2.62. The largest absolute Gasteiger partial charge is 0.489 e. The molecule has 0 aliphatic heterocycles. The van der Waals surface area contributed by atoms with E-state index in [1.165, 1.54) is 0 Å². The molecular weight excluding hydrogens is 340 g/mol. The Hall–Kier alpha value is -1.03. The second-order valence-corrected chi connectivity index (χ2v) is 6.05. The molecule has 2 rings (SSSR count). The number of ether oxygens (including phenoxy) is 1. The van der Waals surface area contributed by atoms with Gasteiger partial charge in [0.15, 0.2) is 0 Å². The van der Waals surface area contributed by atoms with Gasteiger partial charge in [0.1, 0.15) is 12.4 Å². The summed E-state index contributed by atoms with van der Waals surface area (Å²) in [6, 6.07) is 11.4. The van der Waals surface area contributed by atoms with Gasteiger partial charge >= 0.3 is 0 Å². The van der Waals surface area contributed by atoms with Crippen molar-refractivity contribution in [3.8, 4) is 5.75 Å². The Balaban J connectivity index is 2.11. The molecule has 0 aromatic heterocycles. The van der Waals surface area contributed by atoms with Crippen molar-refractivity contribution in [2.45, 2.75) is 26.6 Å². The number of hydrogen-bond donors (Lipinski definition) is 1. The summed E-state index contributed by atoms with van der Waals surface area (Å²) in [6.07, 6.45) is -0.469. The van der Waals surface area contributed by atoms with E-state index in [1.54, 1.807) is 6.92 Å². The van der Waals surface area contributed by atoms with Gasteiger partial charge in [0.2, 0.25) is 0 Å². The molecule has 20 heavy (non-hydrogen) atoms. The number of hydrogen-bond acceptors (Lipinski definition) is 2. The van der Waals surface area contributed by atoms with Crippen LogP contribution in [-0.4, -0.2) is 5.11 Å². The molecule has 2 aromatic carbocycles. The molecule has 0 radical (unpaired) electrons. The topological polar surface area (TPSA) is 29.5 Å². The minimum Gasteiger partial charge on any atom is -0.489 e. The first kappa shape index (κ1) is 15.4. The van der Waals surface area contributed by atoms with Gasteiger partial charge < -0.3 is 9.84 Å². The van der Waals surface area contributed by atoms with Gasteiger partial charge in [-0.15, -0.1) is 0 Å². The lowest BCUT2D eigenvalue weighted by atomic mass is 10.1. The third-order valence-electron chi connectivity index (χ3n) is 3.08. The van der Waals surface area contributed by atoms with E-state index >= 15 is 0 Å². The Bertz CT molecular complexity index is 611. The Morgan fingerprint density at radius 3 is 2.60 bits per heavy atom. The molecular formula is C16H16BrClO2. The average molecular weight is 356 g/mol. The van der Waals surface area contributed by atoms with E-state index in [0.717, 1.165) is 26.9 Å². The summed E-state index contributed by atoms with van der Waals surface area (Å²) >= 11 is 9.54. The maximum absolute atomic E-state index is 9.55. The van der Waals surface area contributed by atoms with E-state index in [1.807, 2.05) is 43.3 Å². The van der Waals surface area contributed by atoms with Gasteiger partial charge in [-0.2, -0.15) is 0 Å². The Morgan fingerprint density at radius 2 is 2.00 bits per heavy atom. The number of aryl methyl sites for hydroxylation is 1. The number of benzene rings is 2. The molecule has 4 heteroatoms. The van der Waals surface area contributed by atoms with Gasteiger partial charge in [-0.25, -0.2) is 0 Å². The highest BCUT2D eigenvalue weighted by Crippen LogP contribution is 2.26. The zero-order valence-corrected chi connectivity index (χ0v) is 13.7. The van der Waals surface area contributed by atoms with Gasteiger partial charge in [-0.3, -0.25) is 0 Å². The van der Waals surface area contributed by atoms with E-state index in [4.69, 9.17) is 16.3 Å². The summed E-state index contributed by atoms with van der Waals surface area (Å²) in [5.74, 6) is 0.799. The van der Waals surface area contributed by atoms with Gasteiger partial charge in [0.25, 0.3) is 0 Å². The Morgan fingerprint density at radius 1 is 1.25 bits per heavy atom. The van der Waals surface area contributed by atoms with Crippen molar-refractivity contribution in [3.63, 3.8) is 0 Å². The summed E-state index contributed by atoms with van der Waals surface area (Å²) in [7, 11) is 0. The molecule has 0 aliphatic carbocycles. The lowest BCUT2D eigenvalue weighted by Gasteiger charge is -2.12. The van der Waals surface area contributed by atoms with Crippen LogP contribution in [-0.2, 0) is 6.61 Å². The predicted molar refractivity (Wildman–Crippen MR) is 85.3 cm³/mol. The highest BCUT2D eigenvalue weighted by molar-refractivity contribution is 9.10. The molecule has 1 N–H and O–H groups in total. The number of aliphatic hydroxyl groups is 1. The molecule has 2 nitrogen and oxygen atoms in total. The molecule has 106 valence electrons. The molecule has 0 spiro atoms. The standard InChI is InChI=1S/C16H16BrClO2/c1-10-7-12(11(2)19)4-6-16(10)20-9-13-3-5-14(17)8-15(13)18/h3-8,11,19H,9H2,1-2H3/t11-/m0/s1. The fraction of sp³-hybridized carbons (Fsp3) is 0.250. The average Bonchev–Trinajstić information content (AvgIpc) is 2.38. The number of aliphatic hydroxyl groups excluding tert-OH is 1. The van der Waals surface area contributed by atoms with Crippen LogP contribution in [0.15, 0.2) is 40.9 Å². The molecule has 0 bridgehead atoms.